The molecule has 0 aliphatic heterocycles. The number of nitrogens with zero attached hydrogens (tertiary/aromatic N) is 1. The third-order valence-electron chi connectivity index (χ3n) is 4.38. The Labute approximate surface area is 180 Å². The van der Waals surface area contributed by atoms with Gasteiger partial charge in [-0.3, -0.25) is 4.99 Å². The van der Waals surface area contributed by atoms with Crippen molar-refractivity contribution in [3.63, 3.8) is 0 Å². The standard InChI is InChI=1S/C21H36N4O4S/c1-4-30(26,27)24-14-13-23-21(22-12-5-15-28-16-18-6-7-18)25-19-8-10-20(11-9-19)29-17(2)3/h8-11,17-18,24H,4-7,12-16H2,1-3H3,(H2,22,23,25). The minimum atomic E-state index is -3.20. The average Bonchev–Trinajstić information content (AvgIpc) is 3.53. The third kappa shape index (κ3) is 10.8. The Morgan fingerprint density at radius 2 is 1.93 bits per heavy atom. The van der Waals surface area contributed by atoms with E-state index in [1.165, 1.54) is 12.8 Å². The van der Waals surface area contributed by atoms with E-state index in [4.69, 9.17) is 9.47 Å². The molecule has 1 aromatic carbocycles. The highest BCUT2D eigenvalue weighted by molar-refractivity contribution is 7.89. The summed E-state index contributed by atoms with van der Waals surface area (Å²) in [5, 5.41) is 6.43. The van der Waals surface area contributed by atoms with E-state index in [1.807, 2.05) is 38.1 Å². The summed E-state index contributed by atoms with van der Waals surface area (Å²) in [6.07, 6.45) is 3.54. The lowest BCUT2D eigenvalue weighted by Crippen LogP contribution is -2.38. The molecule has 0 heterocycles. The molecule has 0 radical (unpaired) electrons. The summed E-state index contributed by atoms with van der Waals surface area (Å²) in [6, 6.07) is 7.66. The van der Waals surface area contributed by atoms with Gasteiger partial charge in [0.05, 0.1) is 11.9 Å². The Balaban J connectivity index is 1.83. The fourth-order valence-electron chi connectivity index (χ4n) is 2.55. The first-order valence-corrected chi connectivity index (χ1v) is 12.4. The van der Waals surface area contributed by atoms with Gasteiger partial charge in [-0.1, -0.05) is 0 Å². The summed E-state index contributed by atoms with van der Waals surface area (Å²) in [5.41, 5.74) is 0.872. The SMILES string of the molecule is CCS(=O)(=O)NCCNC(=NCCCOCC1CC1)Nc1ccc(OC(C)C)cc1. The van der Waals surface area contributed by atoms with Crippen LogP contribution in [-0.2, 0) is 14.8 Å². The lowest BCUT2D eigenvalue weighted by atomic mass is 10.3. The Kier molecular flexibility index (Phi) is 10.4. The highest BCUT2D eigenvalue weighted by Gasteiger charge is 2.20. The zero-order valence-corrected chi connectivity index (χ0v) is 19.1. The van der Waals surface area contributed by atoms with Gasteiger partial charge < -0.3 is 20.1 Å². The minimum Gasteiger partial charge on any atom is -0.491 e. The number of guanidine groups is 1. The van der Waals surface area contributed by atoms with Gasteiger partial charge >= 0.3 is 0 Å². The maximum absolute atomic E-state index is 11.6. The van der Waals surface area contributed by atoms with Crippen LogP contribution in [0.25, 0.3) is 0 Å². The number of hydrogen-bond donors (Lipinski definition) is 3. The molecule has 2 rings (SSSR count). The molecule has 0 amide bonds. The smallest absolute Gasteiger partial charge is 0.211 e. The first-order chi connectivity index (χ1) is 14.4. The largest absolute Gasteiger partial charge is 0.491 e. The highest BCUT2D eigenvalue weighted by Crippen LogP contribution is 2.28. The first kappa shape index (κ1) is 24.4. The zero-order chi connectivity index (χ0) is 21.8. The molecule has 30 heavy (non-hydrogen) atoms. The van der Waals surface area contributed by atoms with Gasteiger partial charge in [0.25, 0.3) is 0 Å². The third-order valence-corrected chi connectivity index (χ3v) is 5.78. The van der Waals surface area contributed by atoms with Crippen molar-refractivity contribution in [1.82, 2.24) is 10.0 Å². The van der Waals surface area contributed by atoms with Crippen LogP contribution in [0, 0.1) is 5.92 Å². The molecule has 0 saturated heterocycles. The number of hydrogen-bond acceptors (Lipinski definition) is 5. The predicted molar refractivity (Wildman–Crippen MR) is 122 cm³/mol. The molecule has 8 nitrogen and oxygen atoms in total. The van der Waals surface area contributed by atoms with Crippen LogP contribution in [0.3, 0.4) is 0 Å². The normalized spacial score (nSPS) is 14.7. The fourth-order valence-corrected chi connectivity index (χ4v) is 3.16. The van der Waals surface area contributed by atoms with Crippen molar-refractivity contribution in [2.24, 2.45) is 10.9 Å². The topological polar surface area (TPSA) is 101 Å². The monoisotopic (exact) mass is 440 g/mol. The summed E-state index contributed by atoms with van der Waals surface area (Å²) in [5.74, 6) is 2.24. The molecule has 9 heteroatoms. The molecule has 0 atom stereocenters. The van der Waals surface area contributed by atoms with Crippen molar-refractivity contribution in [3.8, 4) is 5.75 Å². The second-order valence-corrected chi connectivity index (χ2v) is 9.74. The highest BCUT2D eigenvalue weighted by atomic mass is 32.2. The van der Waals surface area contributed by atoms with E-state index in [9.17, 15) is 8.42 Å². The van der Waals surface area contributed by atoms with Crippen molar-refractivity contribution in [2.75, 3.05) is 43.9 Å². The summed E-state index contributed by atoms with van der Waals surface area (Å²) < 4.78 is 37.0. The molecule has 170 valence electrons. The maximum Gasteiger partial charge on any atom is 0.211 e. The quantitative estimate of drug-likeness (QED) is 0.234. The summed E-state index contributed by atoms with van der Waals surface area (Å²) >= 11 is 0. The number of rotatable bonds is 14. The predicted octanol–water partition coefficient (Wildman–Crippen LogP) is 2.59. The molecule has 3 N–H and O–H groups in total. The Morgan fingerprint density at radius 1 is 1.20 bits per heavy atom. The number of ether oxygens (including phenoxy) is 2. The number of aliphatic imine (C=N–C) groups is 1. The molecule has 0 aromatic heterocycles. The van der Waals surface area contributed by atoms with Crippen LogP contribution in [0.4, 0.5) is 5.69 Å². The zero-order valence-electron chi connectivity index (χ0n) is 18.3. The van der Waals surface area contributed by atoms with Crippen LogP contribution in [0.1, 0.15) is 40.0 Å². The Bertz CT molecular complexity index is 747. The molecule has 1 aromatic rings. The van der Waals surface area contributed by atoms with E-state index in [-0.39, 0.29) is 11.9 Å². The average molecular weight is 441 g/mol. The van der Waals surface area contributed by atoms with E-state index in [2.05, 4.69) is 20.3 Å². The molecule has 1 fully saturated rings. The molecule has 1 aliphatic rings. The Morgan fingerprint density at radius 3 is 2.57 bits per heavy atom. The number of sulfonamides is 1. The minimum absolute atomic E-state index is 0.0673. The van der Waals surface area contributed by atoms with Crippen LogP contribution in [0.15, 0.2) is 29.3 Å². The van der Waals surface area contributed by atoms with E-state index in [1.54, 1.807) is 6.92 Å². The Hall–Kier alpha value is -1.84. The van der Waals surface area contributed by atoms with E-state index >= 15 is 0 Å². The van der Waals surface area contributed by atoms with Crippen LogP contribution >= 0.6 is 0 Å². The van der Waals surface area contributed by atoms with Crippen molar-refractivity contribution >= 4 is 21.7 Å². The van der Waals surface area contributed by atoms with Crippen molar-refractivity contribution in [2.45, 2.75) is 46.1 Å². The van der Waals surface area contributed by atoms with Gasteiger partial charge in [0.2, 0.25) is 10.0 Å². The fraction of sp³-hybridized carbons (Fsp3) is 0.667. The summed E-state index contributed by atoms with van der Waals surface area (Å²) in [6.45, 7) is 8.49. The van der Waals surface area contributed by atoms with Gasteiger partial charge in [-0.25, -0.2) is 13.1 Å². The van der Waals surface area contributed by atoms with Crippen molar-refractivity contribution in [3.05, 3.63) is 24.3 Å². The van der Waals surface area contributed by atoms with Gasteiger partial charge in [0.15, 0.2) is 5.96 Å². The number of benzene rings is 1. The molecule has 0 unspecified atom stereocenters. The van der Waals surface area contributed by atoms with Gasteiger partial charge in [-0.2, -0.15) is 0 Å². The van der Waals surface area contributed by atoms with Gasteiger partial charge in [0.1, 0.15) is 5.75 Å². The second-order valence-electron chi connectivity index (χ2n) is 7.64. The molecular weight excluding hydrogens is 404 g/mol. The van der Waals surface area contributed by atoms with E-state index in [0.29, 0.717) is 32.2 Å². The summed E-state index contributed by atoms with van der Waals surface area (Å²) in [4.78, 5) is 4.58. The van der Waals surface area contributed by atoms with Crippen molar-refractivity contribution in [1.29, 1.82) is 0 Å². The molecule has 1 aliphatic carbocycles. The second kappa shape index (κ2) is 12.8. The maximum atomic E-state index is 11.6. The molecule has 0 spiro atoms. The first-order valence-electron chi connectivity index (χ1n) is 10.7. The number of nitrogens with one attached hydrogen (secondary N) is 3. The number of anilines is 1. The van der Waals surface area contributed by atoms with Gasteiger partial charge in [-0.05, 0) is 70.2 Å². The van der Waals surface area contributed by atoms with E-state index in [0.717, 1.165) is 30.4 Å². The van der Waals surface area contributed by atoms with Crippen LogP contribution in [-0.4, -0.2) is 59.1 Å². The van der Waals surface area contributed by atoms with Crippen LogP contribution < -0.4 is 20.1 Å². The van der Waals surface area contributed by atoms with Gasteiger partial charge in [-0.15, -0.1) is 0 Å². The summed E-state index contributed by atoms with van der Waals surface area (Å²) in [7, 11) is -3.20. The van der Waals surface area contributed by atoms with Crippen molar-refractivity contribution < 1.29 is 17.9 Å². The molecule has 1 saturated carbocycles. The molecular formula is C21H36N4O4S. The van der Waals surface area contributed by atoms with Gasteiger partial charge in [0, 0.05) is 38.5 Å². The molecule has 0 bridgehead atoms. The lowest BCUT2D eigenvalue weighted by molar-refractivity contribution is 0.123. The van der Waals surface area contributed by atoms with Crippen LogP contribution in [0.5, 0.6) is 5.75 Å². The lowest BCUT2D eigenvalue weighted by Gasteiger charge is -2.14. The van der Waals surface area contributed by atoms with Crippen LogP contribution in [0.2, 0.25) is 0 Å². The van der Waals surface area contributed by atoms with E-state index < -0.39 is 10.0 Å².